The van der Waals surface area contributed by atoms with Crippen LogP contribution in [0.4, 0.5) is 4.39 Å². The highest BCUT2D eigenvalue weighted by atomic mass is 35.5. The Kier molecular flexibility index (Phi) is 4.25. The molecule has 0 spiro atoms. The number of halogens is 2. The van der Waals surface area contributed by atoms with Crippen LogP contribution >= 0.6 is 11.6 Å². The SMILES string of the molecule is CC(CC#N)S(=O)c1ccc(F)c(Cl)c1. The van der Waals surface area contributed by atoms with Gasteiger partial charge in [-0.15, -0.1) is 0 Å². The van der Waals surface area contributed by atoms with E-state index in [1.54, 1.807) is 6.92 Å². The van der Waals surface area contributed by atoms with Gasteiger partial charge in [-0.05, 0) is 25.1 Å². The molecule has 0 bridgehead atoms. The molecule has 0 amide bonds. The molecular formula is C10H9ClFNOS. The van der Waals surface area contributed by atoms with E-state index in [1.165, 1.54) is 18.2 Å². The molecule has 2 nitrogen and oxygen atoms in total. The molecule has 2 atom stereocenters. The number of rotatable bonds is 3. The van der Waals surface area contributed by atoms with E-state index in [0.29, 0.717) is 4.90 Å². The van der Waals surface area contributed by atoms with Gasteiger partial charge in [-0.3, -0.25) is 4.21 Å². The molecule has 0 aromatic heterocycles. The van der Waals surface area contributed by atoms with Crippen molar-refractivity contribution in [1.29, 1.82) is 5.26 Å². The molecule has 1 aromatic carbocycles. The fourth-order valence-corrected chi connectivity index (χ4v) is 2.41. The van der Waals surface area contributed by atoms with Gasteiger partial charge in [-0.2, -0.15) is 5.26 Å². The predicted molar refractivity (Wildman–Crippen MR) is 57.5 cm³/mol. The molecule has 0 fully saturated rings. The summed E-state index contributed by atoms with van der Waals surface area (Å²) in [7, 11) is -1.32. The second-order valence-electron chi connectivity index (χ2n) is 3.05. The summed E-state index contributed by atoms with van der Waals surface area (Å²) in [6.07, 6.45) is 0.196. The molecule has 0 aliphatic heterocycles. The third-order valence-electron chi connectivity index (χ3n) is 1.87. The molecule has 80 valence electrons. The Bertz CT molecular complexity index is 430. The molecule has 0 saturated heterocycles. The Morgan fingerprint density at radius 1 is 1.67 bits per heavy atom. The summed E-state index contributed by atoms with van der Waals surface area (Å²) < 4.78 is 24.6. The summed E-state index contributed by atoms with van der Waals surface area (Å²) in [5, 5.41) is 8.13. The normalized spacial score (nSPS) is 14.3. The zero-order valence-electron chi connectivity index (χ0n) is 8.04. The molecule has 2 unspecified atom stereocenters. The van der Waals surface area contributed by atoms with Crippen molar-refractivity contribution < 1.29 is 8.60 Å². The maximum Gasteiger partial charge on any atom is 0.141 e. The summed E-state index contributed by atoms with van der Waals surface area (Å²) in [6.45, 7) is 1.70. The fourth-order valence-electron chi connectivity index (χ4n) is 1.04. The fraction of sp³-hybridized carbons (Fsp3) is 0.300. The Hall–Kier alpha value is -0.920. The van der Waals surface area contributed by atoms with E-state index in [9.17, 15) is 8.60 Å². The molecule has 15 heavy (non-hydrogen) atoms. The van der Waals surface area contributed by atoms with E-state index in [0.717, 1.165) is 0 Å². The maximum absolute atomic E-state index is 12.8. The Labute approximate surface area is 95.1 Å². The zero-order chi connectivity index (χ0) is 11.4. The van der Waals surface area contributed by atoms with Gasteiger partial charge in [0.15, 0.2) is 0 Å². The minimum absolute atomic E-state index is 0.0509. The second-order valence-corrected chi connectivity index (χ2v) is 5.32. The lowest BCUT2D eigenvalue weighted by Gasteiger charge is -2.07. The van der Waals surface area contributed by atoms with Gasteiger partial charge in [0.2, 0.25) is 0 Å². The monoisotopic (exact) mass is 245 g/mol. The third-order valence-corrected chi connectivity index (χ3v) is 3.77. The summed E-state index contributed by atoms with van der Waals surface area (Å²) in [4.78, 5) is 0.448. The lowest BCUT2D eigenvalue weighted by atomic mass is 10.3. The molecule has 0 N–H and O–H groups in total. The van der Waals surface area contributed by atoms with E-state index >= 15 is 0 Å². The first-order valence-electron chi connectivity index (χ1n) is 4.29. The first-order chi connectivity index (χ1) is 7.06. The summed E-state index contributed by atoms with van der Waals surface area (Å²) in [6, 6.07) is 5.88. The van der Waals surface area contributed by atoms with Crippen molar-refractivity contribution in [3.8, 4) is 6.07 Å². The van der Waals surface area contributed by atoms with Crippen LogP contribution in [0.1, 0.15) is 13.3 Å². The van der Waals surface area contributed by atoms with Gasteiger partial charge in [0, 0.05) is 16.6 Å². The molecule has 5 heteroatoms. The molecule has 1 aromatic rings. The van der Waals surface area contributed by atoms with Crippen molar-refractivity contribution in [3.05, 3.63) is 29.0 Å². The highest BCUT2D eigenvalue weighted by Crippen LogP contribution is 2.20. The van der Waals surface area contributed by atoms with Crippen LogP contribution in [-0.4, -0.2) is 9.46 Å². The van der Waals surface area contributed by atoms with E-state index < -0.39 is 16.6 Å². The first-order valence-corrected chi connectivity index (χ1v) is 5.88. The lowest BCUT2D eigenvalue weighted by molar-refractivity contribution is 0.626. The second kappa shape index (κ2) is 5.24. The van der Waals surface area contributed by atoms with Gasteiger partial charge in [0.25, 0.3) is 0 Å². The van der Waals surface area contributed by atoms with Crippen LogP contribution in [-0.2, 0) is 10.8 Å². The minimum Gasteiger partial charge on any atom is -0.254 e. The number of benzene rings is 1. The number of hydrogen-bond acceptors (Lipinski definition) is 2. The van der Waals surface area contributed by atoms with Gasteiger partial charge in [0.1, 0.15) is 5.82 Å². The van der Waals surface area contributed by atoms with Crippen molar-refractivity contribution in [1.82, 2.24) is 0 Å². The largest absolute Gasteiger partial charge is 0.254 e. The van der Waals surface area contributed by atoms with Gasteiger partial charge >= 0.3 is 0 Å². The number of nitrogens with zero attached hydrogens (tertiary/aromatic N) is 1. The standard InChI is InChI=1S/C10H9ClFNOS/c1-7(4-5-13)15(14)8-2-3-10(12)9(11)6-8/h2-3,6-7H,4H2,1H3. The van der Waals surface area contributed by atoms with Crippen LogP contribution in [0.15, 0.2) is 23.1 Å². The van der Waals surface area contributed by atoms with E-state index in [-0.39, 0.29) is 16.7 Å². The quantitative estimate of drug-likeness (QED) is 0.822. The predicted octanol–water partition coefficient (Wildman–Crippen LogP) is 2.89. The molecule has 1 rings (SSSR count). The molecule has 0 heterocycles. The van der Waals surface area contributed by atoms with Crippen LogP contribution in [0.25, 0.3) is 0 Å². The third kappa shape index (κ3) is 3.01. The highest BCUT2D eigenvalue weighted by molar-refractivity contribution is 7.85. The Balaban J connectivity index is 2.93. The molecule has 0 aliphatic carbocycles. The Morgan fingerprint density at radius 2 is 2.33 bits per heavy atom. The highest BCUT2D eigenvalue weighted by Gasteiger charge is 2.14. The van der Waals surface area contributed by atoms with Crippen LogP contribution in [0.3, 0.4) is 0 Å². The summed E-state index contributed by atoms with van der Waals surface area (Å²) >= 11 is 5.57. The topological polar surface area (TPSA) is 40.9 Å². The number of hydrogen-bond donors (Lipinski definition) is 0. The van der Waals surface area contributed by atoms with Gasteiger partial charge in [0.05, 0.1) is 21.9 Å². The average Bonchev–Trinajstić information content (AvgIpc) is 2.21. The van der Waals surface area contributed by atoms with Gasteiger partial charge in [-0.1, -0.05) is 11.6 Å². The van der Waals surface area contributed by atoms with Crippen molar-refractivity contribution >= 4 is 22.4 Å². The van der Waals surface area contributed by atoms with E-state index in [1.807, 2.05) is 6.07 Å². The van der Waals surface area contributed by atoms with Gasteiger partial charge < -0.3 is 0 Å². The zero-order valence-corrected chi connectivity index (χ0v) is 9.61. The molecule has 0 radical (unpaired) electrons. The van der Waals surface area contributed by atoms with E-state index in [4.69, 9.17) is 16.9 Å². The minimum atomic E-state index is -1.32. The average molecular weight is 246 g/mol. The summed E-state index contributed by atoms with van der Waals surface area (Å²) in [5.41, 5.74) is 0. The van der Waals surface area contributed by atoms with Crippen molar-refractivity contribution in [2.45, 2.75) is 23.5 Å². The van der Waals surface area contributed by atoms with Gasteiger partial charge in [-0.25, -0.2) is 4.39 Å². The van der Waals surface area contributed by atoms with Crippen molar-refractivity contribution in [2.24, 2.45) is 0 Å². The van der Waals surface area contributed by atoms with Crippen LogP contribution in [0.5, 0.6) is 0 Å². The smallest absolute Gasteiger partial charge is 0.141 e. The lowest BCUT2D eigenvalue weighted by Crippen LogP contribution is -2.10. The molecule has 0 saturated carbocycles. The molecule has 0 aliphatic rings. The van der Waals surface area contributed by atoms with Crippen LogP contribution < -0.4 is 0 Å². The van der Waals surface area contributed by atoms with Crippen molar-refractivity contribution in [3.63, 3.8) is 0 Å². The van der Waals surface area contributed by atoms with Crippen LogP contribution in [0.2, 0.25) is 5.02 Å². The number of nitriles is 1. The van der Waals surface area contributed by atoms with Crippen molar-refractivity contribution in [2.75, 3.05) is 0 Å². The van der Waals surface area contributed by atoms with Crippen LogP contribution in [0, 0.1) is 17.1 Å². The molecular weight excluding hydrogens is 237 g/mol. The first kappa shape index (κ1) is 12.2. The Morgan fingerprint density at radius 3 is 2.87 bits per heavy atom. The summed E-state index contributed by atoms with van der Waals surface area (Å²) in [5.74, 6) is -0.537. The maximum atomic E-state index is 12.8. The van der Waals surface area contributed by atoms with E-state index in [2.05, 4.69) is 0 Å².